The van der Waals surface area contributed by atoms with Crippen molar-refractivity contribution in [2.24, 2.45) is 0 Å². The van der Waals surface area contributed by atoms with Gasteiger partial charge < -0.3 is 4.52 Å². The number of benzene rings is 1. The van der Waals surface area contributed by atoms with Gasteiger partial charge in [0.15, 0.2) is 0 Å². The van der Waals surface area contributed by atoms with Crippen LogP contribution in [0.1, 0.15) is 29.4 Å². The second-order valence-electron chi connectivity index (χ2n) is 6.34. The molecule has 4 rings (SSSR count). The van der Waals surface area contributed by atoms with E-state index in [9.17, 15) is 0 Å². The molecule has 2 aromatic heterocycles. The van der Waals surface area contributed by atoms with Crippen molar-refractivity contribution >= 4 is 0 Å². The van der Waals surface area contributed by atoms with Crippen molar-refractivity contribution in [3.05, 3.63) is 65.8 Å². The number of hydrogen-bond donors (Lipinski definition) is 0. The van der Waals surface area contributed by atoms with Crippen molar-refractivity contribution in [1.82, 2.24) is 20.0 Å². The number of aryl methyl sites for hydroxylation is 1. The van der Waals surface area contributed by atoms with Crippen molar-refractivity contribution in [2.45, 2.75) is 25.8 Å². The lowest BCUT2D eigenvalue weighted by molar-refractivity contribution is 0.309. The van der Waals surface area contributed by atoms with E-state index in [-0.39, 0.29) is 0 Å². The largest absolute Gasteiger partial charge is 0.339 e. The van der Waals surface area contributed by atoms with Crippen LogP contribution in [0.4, 0.5) is 0 Å². The standard InChI is InChI=1S/C19H20N4O/c1-14-4-2-3-5-16(14)12-23-11-8-17(13-23)19-21-18(22-24-19)15-6-9-20-10-7-15/h2-7,9-10,17H,8,11-13H2,1H3/t17-/m1/s1. The molecule has 0 unspecified atom stereocenters. The zero-order valence-electron chi connectivity index (χ0n) is 13.7. The zero-order chi connectivity index (χ0) is 16.4. The molecule has 0 radical (unpaired) electrons. The summed E-state index contributed by atoms with van der Waals surface area (Å²) in [5.74, 6) is 1.70. The Morgan fingerprint density at radius 1 is 1.17 bits per heavy atom. The Morgan fingerprint density at radius 2 is 2.00 bits per heavy atom. The molecule has 5 nitrogen and oxygen atoms in total. The van der Waals surface area contributed by atoms with E-state index in [1.54, 1.807) is 12.4 Å². The van der Waals surface area contributed by atoms with Crippen LogP contribution in [-0.4, -0.2) is 33.1 Å². The highest BCUT2D eigenvalue weighted by Crippen LogP contribution is 2.28. The predicted octanol–water partition coefficient (Wildman–Crippen LogP) is 3.43. The summed E-state index contributed by atoms with van der Waals surface area (Å²) in [6.45, 7) is 5.18. The molecular formula is C19H20N4O. The first kappa shape index (κ1) is 15.0. The predicted molar refractivity (Wildman–Crippen MR) is 91.3 cm³/mol. The van der Waals surface area contributed by atoms with Crippen LogP contribution in [0.5, 0.6) is 0 Å². The van der Waals surface area contributed by atoms with Gasteiger partial charge in [-0.2, -0.15) is 4.98 Å². The summed E-state index contributed by atoms with van der Waals surface area (Å²) < 4.78 is 5.52. The molecule has 1 fully saturated rings. The van der Waals surface area contributed by atoms with Crippen LogP contribution >= 0.6 is 0 Å². The topological polar surface area (TPSA) is 55.1 Å². The molecule has 3 heterocycles. The van der Waals surface area contributed by atoms with E-state index in [4.69, 9.17) is 4.52 Å². The van der Waals surface area contributed by atoms with E-state index in [0.29, 0.717) is 11.7 Å². The molecule has 0 aliphatic carbocycles. The molecular weight excluding hydrogens is 300 g/mol. The number of hydrogen-bond acceptors (Lipinski definition) is 5. The molecule has 0 amide bonds. The van der Waals surface area contributed by atoms with Crippen molar-refractivity contribution < 1.29 is 4.52 Å². The van der Waals surface area contributed by atoms with Crippen molar-refractivity contribution in [3.8, 4) is 11.4 Å². The third-order valence-electron chi connectivity index (χ3n) is 4.66. The van der Waals surface area contributed by atoms with Crippen LogP contribution in [0, 0.1) is 6.92 Å². The Labute approximate surface area is 141 Å². The summed E-state index contributed by atoms with van der Waals surface area (Å²) in [7, 11) is 0. The van der Waals surface area contributed by atoms with Crippen molar-refractivity contribution in [3.63, 3.8) is 0 Å². The van der Waals surface area contributed by atoms with E-state index in [0.717, 1.165) is 37.5 Å². The third-order valence-corrected chi connectivity index (χ3v) is 4.66. The summed E-state index contributed by atoms with van der Waals surface area (Å²) >= 11 is 0. The molecule has 0 saturated carbocycles. The van der Waals surface area contributed by atoms with Gasteiger partial charge in [0, 0.05) is 31.0 Å². The molecule has 122 valence electrons. The lowest BCUT2D eigenvalue weighted by Crippen LogP contribution is -2.20. The molecule has 1 aromatic carbocycles. The third kappa shape index (κ3) is 3.08. The Balaban J connectivity index is 1.44. The van der Waals surface area contributed by atoms with Gasteiger partial charge in [-0.05, 0) is 43.1 Å². The second kappa shape index (κ2) is 6.53. The van der Waals surface area contributed by atoms with E-state index in [2.05, 4.69) is 51.2 Å². The minimum absolute atomic E-state index is 0.317. The quantitative estimate of drug-likeness (QED) is 0.737. The molecule has 1 aliphatic heterocycles. The fourth-order valence-corrected chi connectivity index (χ4v) is 3.23. The highest BCUT2D eigenvalue weighted by Gasteiger charge is 2.28. The number of rotatable bonds is 4. The molecule has 0 bridgehead atoms. The molecule has 1 saturated heterocycles. The van der Waals surface area contributed by atoms with Gasteiger partial charge in [0.2, 0.25) is 11.7 Å². The zero-order valence-corrected chi connectivity index (χ0v) is 13.7. The molecule has 0 N–H and O–H groups in total. The molecule has 5 heteroatoms. The van der Waals surface area contributed by atoms with Gasteiger partial charge in [0.25, 0.3) is 0 Å². The minimum Gasteiger partial charge on any atom is -0.339 e. The number of nitrogens with zero attached hydrogens (tertiary/aromatic N) is 4. The Kier molecular flexibility index (Phi) is 4.09. The summed E-state index contributed by atoms with van der Waals surface area (Å²) in [6.07, 6.45) is 4.54. The van der Waals surface area contributed by atoms with Gasteiger partial charge in [-0.25, -0.2) is 0 Å². The first-order chi connectivity index (χ1) is 11.8. The van der Waals surface area contributed by atoms with Gasteiger partial charge in [-0.15, -0.1) is 0 Å². The average molecular weight is 320 g/mol. The Morgan fingerprint density at radius 3 is 2.83 bits per heavy atom. The van der Waals surface area contributed by atoms with Crippen LogP contribution in [0.2, 0.25) is 0 Å². The Bertz CT molecular complexity index is 815. The summed E-state index contributed by atoms with van der Waals surface area (Å²) in [6, 6.07) is 12.4. The normalized spacial score (nSPS) is 18.1. The van der Waals surface area contributed by atoms with Crippen molar-refractivity contribution in [1.29, 1.82) is 0 Å². The smallest absolute Gasteiger partial charge is 0.231 e. The Hall–Kier alpha value is -2.53. The van der Waals surface area contributed by atoms with Gasteiger partial charge >= 0.3 is 0 Å². The molecule has 0 spiro atoms. The fraction of sp³-hybridized carbons (Fsp3) is 0.316. The number of likely N-dealkylation sites (tertiary alicyclic amines) is 1. The summed E-state index contributed by atoms with van der Waals surface area (Å²) in [5, 5.41) is 4.12. The van der Waals surface area contributed by atoms with Crippen LogP contribution in [0.15, 0.2) is 53.3 Å². The highest BCUT2D eigenvalue weighted by atomic mass is 16.5. The first-order valence-corrected chi connectivity index (χ1v) is 8.30. The van der Waals surface area contributed by atoms with Crippen molar-refractivity contribution in [2.75, 3.05) is 13.1 Å². The SMILES string of the molecule is Cc1ccccc1CN1CC[C@@H](c2nc(-c3ccncc3)no2)C1. The van der Waals surface area contributed by atoms with Gasteiger partial charge in [0.1, 0.15) is 0 Å². The summed E-state index contributed by atoms with van der Waals surface area (Å²) in [5.41, 5.74) is 3.68. The van der Waals surface area contributed by atoms with E-state index in [1.807, 2.05) is 12.1 Å². The maximum absolute atomic E-state index is 5.52. The maximum Gasteiger partial charge on any atom is 0.231 e. The second-order valence-corrected chi connectivity index (χ2v) is 6.34. The van der Waals surface area contributed by atoms with E-state index < -0.39 is 0 Å². The highest BCUT2D eigenvalue weighted by molar-refractivity contribution is 5.52. The van der Waals surface area contributed by atoms with Crippen LogP contribution < -0.4 is 0 Å². The maximum atomic E-state index is 5.52. The van der Waals surface area contributed by atoms with Gasteiger partial charge in [-0.3, -0.25) is 9.88 Å². The van der Waals surface area contributed by atoms with E-state index in [1.165, 1.54) is 11.1 Å². The fourth-order valence-electron chi connectivity index (χ4n) is 3.23. The molecule has 1 aliphatic rings. The van der Waals surface area contributed by atoms with Crippen LogP contribution in [-0.2, 0) is 6.54 Å². The average Bonchev–Trinajstić information content (AvgIpc) is 3.27. The minimum atomic E-state index is 0.317. The van der Waals surface area contributed by atoms with E-state index >= 15 is 0 Å². The monoisotopic (exact) mass is 320 g/mol. The van der Waals surface area contributed by atoms with Crippen LogP contribution in [0.3, 0.4) is 0 Å². The van der Waals surface area contributed by atoms with Crippen LogP contribution in [0.25, 0.3) is 11.4 Å². The molecule has 1 atom stereocenters. The number of pyridine rings is 1. The van der Waals surface area contributed by atoms with Gasteiger partial charge in [0.05, 0.1) is 5.92 Å². The van der Waals surface area contributed by atoms with Gasteiger partial charge in [-0.1, -0.05) is 29.4 Å². The number of aromatic nitrogens is 3. The molecule has 24 heavy (non-hydrogen) atoms. The lowest BCUT2D eigenvalue weighted by atomic mass is 10.1. The lowest BCUT2D eigenvalue weighted by Gasteiger charge is -2.16. The first-order valence-electron chi connectivity index (χ1n) is 8.30. The summed E-state index contributed by atoms with van der Waals surface area (Å²) in [4.78, 5) is 11.1. The molecule has 3 aromatic rings.